The Balaban J connectivity index is 2.94. The highest BCUT2D eigenvalue weighted by atomic mass is 19.1. The van der Waals surface area contributed by atoms with Gasteiger partial charge >= 0.3 is 0 Å². The minimum absolute atomic E-state index is 0.122. The number of aromatic nitrogens is 1. The fourth-order valence-corrected chi connectivity index (χ4v) is 1.67. The van der Waals surface area contributed by atoms with Gasteiger partial charge in [0.15, 0.2) is 5.43 Å². The van der Waals surface area contributed by atoms with Crippen molar-refractivity contribution >= 4 is 10.9 Å². The highest BCUT2D eigenvalue weighted by molar-refractivity contribution is 5.79. The van der Waals surface area contributed by atoms with Crippen molar-refractivity contribution in [2.45, 2.75) is 6.54 Å². The molecule has 4 heteroatoms. The number of aryl methyl sites for hydroxylation is 1. The topological polar surface area (TPSA) is 48.0 Å². The van der Waals surface area contributed by atoms with Crippen LogP contribution in [0.5, 0.6) is 0 Å². The second-order valence-corrected chi connectivity index (χ2v) is 3.42. The van der Waals surface area contributed by atoms with Gasteiger partial charge in [0.25, 0.3) is 0 Å². The number of hydrogen-bond donors (Lipinski definition) is 1. The molecule has 1 aromatic heterocycles. The van der Waals surface area contributed by atoms with Crippen LogP contribution in [0.4, 0.5) is 4.39 Å². The molecule has 0 bridgehead atoms. The van der Waals surface area contributed by atoms with Crippen LogP contribution < -0.4 is 11.2 Å². The number of nitrogens with two attached hydrogens (primary N) is 1. The lowest BCUT2D eigenvalue weighted by molar-refractivity contribution is 0.628. The van der Waals surface area contributed by atoms with E-state index in [9.17, 15) is 9.18 Å². The number of hydrogen-bond acceptors (Lipinski definition) is 2. The van der Waals surface area contributed by atoms with Crippen LogP contribution in [0, 0.1) is 5.82 Å². The van der Waals surface area contributed by atoms with Gasteiger partial charge in [-0.25, -0.2) is 4.39 Å². The van der Waals surface area contributed by atoms with Crippen LogP contribution in [-0.4, -0.2) is 4.57 Å². The molecule has 2 aromatic rings. The molecule has 0 saturated carbocycles. The smallest absolute Gasteiger partial charge is 0.189 e. The molecule has 0 amide bonds. The van der Waals surface area contributed by atoms with E-state index in [2.05, 4.69) is 0 Å². The quantitative estimate of drug-likeness (QED) is 0.760. The lowest BCUT2D eigenvalue weighted by Gasteiger charge is -2.10. The Kier molecular flexibility index (Phi) is 2.28. The van der Waals surface area contributed by atoms with Crippen LogP contribution in [0.2, 0.25) is 0 Å². The summed E-state index contributed by atoms with van der Waals surface area (Å²) >= 11 is 0. The molecular formula is C11H11FN2O. The summed E-state index contributed by atoms with van der Waals surface area (Å²) in [5, 5.41) is 0.510. The maximum atomic E-state index is 13.0. The van der Waals surface area contributed by atoms with Crippen LogP contribution in [0.3, 0.4) is 0 Å². The van der Waals surface area contributed by atoms with Crippen molar-refractivity contribution in [2.75, 3.05) is 0 Å². The number of benzene rings is 1. The number of rotatable bonds is 1. The average Bonchev–Trinajstić information content (AvgIpc) is 2.23. The van der Waals surface area contributed by atoms with Crippen molar-refractivity contribution in [3.8, 4) is 0 Å². The minimum atomic E-state index is -0.355. The molecule has 0 aliphatic rings. The minimum Gasteiger partial charge on any atom is -0.346 e. The first kappa shape index (κ1) is 9.86. The Labute approximate surface area is 85.9 Å². The van der Waals surface area contributed by atoms with E-state index in [0.29, 0.717) is 16.6 Å². The third kappa shape index (κ3) is 1.53. The second-order valence-electron chi connectivity index (χ2n) is 3.42. The van der Waals surface area contributed by atoms with Gasteiger partial charge in [-0.3, -0.25) is 4.79 Å². The molecule has 0 fully saturated rings. The van der Waals surface area contributed by atoms with E-state index in [1.54, 1.807) is 11.6 Å². The van der Waals surface area contributed by atoms with Gasteiger partial charge in [0.1, 0.15) is 5.82 Å². The Hall–Kier alpha value is -1.68. The van der Waals surface area contributed by atoms with Crippen molar-refractivity contribution in [1.29, 1.82) is 0 Å². The molecule has 2 N–H and O–H groups in total. The van der Waals surface area contributed by atoms with Gasteiger partial charge < -0.3 is 10.3 Å². The maximum Gasteiger partial charge on any atom is 0.189 e. The zero-order valence-electron chi connectivity index (χ0n) is 8.33. The molecule has 15 heavy (non-hydrogen) atoms. The Morgan fingerprint density at radius 2 is 2.13 bits per heavy atom. The fourth-order valence-electron chi connectivity index (χ4n) is 1.67. The van der Waals surface area contributed by atoms with E-state index in [1.807, 2.05) is 0 Å². The molecule has 1 heterocycles. The predicted molar refractivity (Wildman–Crippen MR) is 57.0 cm³/mol. The largest absolute Gasteiger partial charge is 0.346 e. The van der Waals surface area contributed by atoms with E-state index in [-0.39, 0.29) is 17.8 Å². The first-order valence-electron chi connectivity index (χ1n) is 4.61. The lowest BCUT2D eigenvalue weighted by atomic mass is 10.1. The summed E-state index contributed by atoms with van der Waals surface area (Å²) in [6, 6.07) is 5.61. The molecule has 1 aromatic carbocycles. The van der Waals surface area contributed by atoms with Crippen molar-refractivity contribution < 1.29 is 4.39 Å². The van der Waals surface area contributed by atoms with E-state index in [4.69, 9.17) is 5.73 Å². The van der Waals surface area contributed by atoms with Gasteiger partial charge in [0, 0.05) is 30.7 Å². The summed E-state index contributed by atoms with van der Waals surface area (Å²) in [5.41, 5.74) is 6.64. The molecule has 0 saturated heterocycles. The molecule has 2 rings (SSSR count). The Bertz CT molecular complexity index is 575. The van der Waals surface area contributed by atoms with E-state index < -0.39 is 0 Å². The first-order valence-corrected chi connectivity index (χ1v) is 4.61. The van der Waals surface area contributed by atoms with Crippen molar-refractivity contribution in [3.63, 3.8) is 0 Å². The molecular weight excluding hydrogens is 195 g/mol. The van der Waals surface area contributed by atoms with Gasteiger partial charge in [-0.1, -0.05) is 0 Å². The average molecular weight is 206 g/mol. The molecule has 3 nitrogen and oxygen atoms in total. The summed E-state index contributed by atoms with van der Waals surface area (Å²) in [7, 11) is 1.77. The fraction of sp³-hybridized carbons (Fsp3) is 0.182. The lowest BCUT2D eigenvalue weighted by Crippen LogP contribution is -2.14. The Morgan fingerprint density at radius 3 is 2.80 bits per heavy atom. The first-order chi connectivity index (χ1) is 7.13. The standard InChI is InChI=1S/C11H11FN2O/c1-14-8(6-13)5-11(15)9-3-2-7(12)4-10(9)14/h2-5H,6,13H2,1H3. The highest BCUT2D eigenvalue weighted by Gasteiger charge is 2.05. The van der Waals surface area contributed by atoms with Crippen LogP contribution in [0.15, 0.2) is 29.1 Å². The number of nitrogens with zero attached hydrogens (tertiary/aromatic N) is 1. The van der Waals surface area contributed by atoms with Crippen molar-refractivity contribution in [1.82, 2.24) is 4.57 Å². The SMILES string of the molecule is Cn1c(CN)cc(=O)c2ccc(F)cc21. The molecule has 0 aliphatic carbocycles. The number of fused-ring (bicyclic) bond motifs is 1. The molecule has 78 valence electrons. The van der Waals surface area contributed by atoms with Gasteiger partial charge in [0.2, 0.25) is 0 Å². The normalized spacial score (nSPS) is 10.9. The molecule has 0 spiro atoms. The zero-order chi connectivity index (χ0) is 11.0. The van der Waals surface area contributed by atoms with E-state index in [1.165, 1.54) is 24.3 Å². The van der Waals surface area contributed by atoms with Gasteiger partial charge in [-0.2, -0.15) is 0 Å². The number of pyridine rings is 1. The molecule has 0 unspecified atom stereocenters. The van der Waals surface area contributed by atoms with Gasteiger partial charge in [-0.05, 0) is 18.2 Å². The Morgan fingerprint density at radius 1 is 1.40 bits per heavy atom. The van der Waals surface area contributed by atoms with Crippen LogP contribution >= 0.6 is 0 Å². The third-order valence-corrected chi connectivity index (χ3v) is 2.52. The van der Waals surface area contributed by atoms with Crippen LogP contribution in [0.1, 0.15) is 5.69 Å². The second kappa shape index (κ2) is 3.47. The molecule has 0 radical (unpaired) electrons. The molecule has 0 atom stereocenters. The van der Waals surface area contributed by atoms with Crippen molar-refractivity contribution in [3.05, 3.63) is 46.0 Å². The van der Waals surface area contributed by atoms with Gasteiger partial charge in [0.05, 0.1) is 5.52 Å². The van der Waals surface area contributed by atoms with E-state index >= 15 is 0 Å². The summed E-state index contributed by atoms with van der Waals surface area (Å²) in [6.07, 6.45) is 0. The predicted octanol–water partition coefficient (Wildman–Crippen LogP) is 1.14. The highest BCUT2D eigenvalue weighted by Crippen LogP contribution is 2.13. The van der Waals surface area contributed by atoms with Crippen LogP contribution in [0.25, 0.3) is 10.9 Å². The zero-order valence-corrected chi connectivity index (χ0v) is 8.33. The van der Waals surface area contributed by atoms with E-state index in [0.717, 1.165) is 0 Å². The maximum absolute atomic E-state index is 13.0. The van der Waals surface area contributed by atoms with Crippen molar-refractivity contribution in [2.24, 2.45) is 12.8 Å². The summed E-state index contributed by atoms with van der Waals surface area (Å²) < 4.78 is 14.8. The molecule has 0 aliphatic heterocycles. The summed E-state index contributed by atoms with van der Waals surface area (Å²) in [4.78, 5) is 11.6. The van der Waals surface area contributed by atoms with Gasteiger partial charge in [-0.15, -0.1) is 0 Å². The number of halogens is 1. The third-order valence-electron chi connectivity index (χ3n) is 2.52. The van der Waals surface area contributed by atoms with Crippen LogP contribution in [-0.2, 0) is 13.6 Å². The monoisotopic (exact) mass is 206 g/mol. The summed E-state index contributed by atoms with van der Waals surface area (Å²) in [6.45, 7) is 0.262. The summed E-state index contributed by atoms with van der Waals surface area (Å²) in [5.74, 6) is -0.355.